The van der Waals surface area contributed by atoms with E-state index in [4.69, 9.17) is 4.74 Å². The van der Waals surface area contributed by atoms with Gasteiger partial charge in [-0.25, -0.2) is 14.3 Å². The topological polar surface area (TPSA) is 85.2 Å². The first-order valence-corrected chi connectivity index (χ1v) is 8.52. The molecule has 0 spiro atoms. The van der Waals surface area contributed by atoms with Crippen LogP contribution in [0.25, 0.3) is 5.69 Å². The smallest absolute Gasteiger partial charge is 0.358 e. The Morgan fingerprint density at radius 2 is 2.04 bits per heavy atom. The number of hydrogen-bond donors (Lipinski definition) is 2. The Morgan fingerprint density at radius 1 is 1.20 bits per heavy atom. The second-order valence-corrected chi connectivity index (χ2v) is 5.50. The van der Waals surface area contributed by atoms with Gasteiger partial charge in [-0.1, -0.05) is 25.8 Å². The molecular formula is C18H24N4O3. The molecule has 1 aromatic heterocycles. The van der Waals surface area contributed by atoms with Crippen LogP contribution in [0.4, 0.5) is 10.5 Å². The van der Waals surface area contributed by atoms with Crippen LogP contribution in [0.2, 0.25) is 0 Å². The van der Waals surface area contributed by atoms with Crippen LogP contribution in [-0.2, 0) is 4.74 Å². The standard InChI is InChI=1S/C18H24N4O3/c1-3-5-6-11-19-18(24)20-14-8-7-9-15(13-14)22-12-10-16(21-22)17(23)25-4-2/h7-10,12-13H,3-6,11H2,1-2H3,(H2,19,20,24). The van der Waals surface area contributed by atoms with Gasteiger partial charge in [-0.3, -0.25) is 0 Å². The molecule has 2 rings (SSSR count). The lowest BCUT2D eigenvalue weighted by molar-refractivity contribution is 0.0519. The Balaban J connectivity index is 1.99. The molecule has 2 N–H and O–H groups in total. The molecule has 1 heterocycles. The van der Waals surface area contributed by atoms with Crippen LogP contribution in [0.15, 0.2) is 36.5 Å². The van der Waals surface area contributed by atoms with Gasteiger partial charge >= 0.3 is 12.0 Å². The number of carbonyl (C=O) groups is 2. The normalized spacial score (nSPS) is 10.3. The summed E-state index contributed by atoms with van der Waals surface area (Å²) in [6.45, 7) is 4.82. The van der Waals surface area contributed by atoms with Crippen LogP contribution in [0.1, 0.15) is 43.6 Å². The number of carbonyl (C=O) groups excluding carboxylic acids is 2. The van der Waals surface area contributed by atoms with Crippen molar-refractivity contribution in [3.63, 3.8) is 0 Å². The molecule has 7 heteroatoms. The molecule has 0 saturated carbocycles. The number of aromatic nitrogens is 2. The number of unbranched alkanes of at least 4 members (excludes halogenated alkanes) is 2. The summed E-state index contributed by atoms with van der Waals surface area (Å²) in [5.74, 6) is -0.456. The maximum atomic E-state index is 11.9. The Morgan fingerprint density at radius 3 is 2.80 bits per heavy atom. The minimum atomic E-state index is -0.456. The first-order chi connectivity index (χ1) is 12.1. The summed E-state index contributed by atoms with van der Waals surface area (Å²) in [7, 11) is 0. The fraction of sp³-hybridized carbons (Fsp3) is 0.389. The first kappa shape index (κ1) is 18.5. The average Bonchev–Trinajstić information content (AvgIpc) is 3.09. The Bertz CT molecular complexity index is 712. The monoisotopic (exact) mass is 344 g/mol. The van der Waals surface area contributed by atoms with Gasteiger partial charge in [-0.05, 0) is 37.6 Å². The number of esters is 1. The molecule has 2 aromatic rings. The van der Waals surface area contributed by atoms with Crippen molar-refractivity contribution in [2.45, 2.75) is 33.1 Å². The third kappa shape index (κ3) is 5.63. The zero-order chi connectivity index (χ0) is 18.1. The van der Waals surface area contributed by atoms with Crippen molar-refractivity contribution in [3.05, 3.63) is 42.2 Å². The predicted octanol–water partition coefficient (Wildman–Crippen LogP) is 3.36. The van der Waals surface area contributed by atoms with E-state index in [1.165, 1.54) is 0 Å². The van der Waals surface area contributed by atoms with Gasteiger partial charge in [0.1, 0.15) is 0 Å². The van der Waals surface area contributed by atoms with Crippen LogP contribution in [0, 0.1) is 0 Å². The van der Waals surface area contributed by atoms with Gasteiger partial charge in [-0.2, -0.15) is 5.10 Å². The largest absolute Gasteiger partial charge is 0.461 e. The highest BCUT2D eigenvalue weighted by atomic mass is 16.5. The summed E-state index contributed by atoms with van der Waals surface area (Å²) in [5.41, 5.74) is 1.63. The first-order valence-electron chi connectivity index (χ1n) is 8.52. The van der Waals surface area contributed by atoms with E-state index < -0.39 is 5.97 Å². The predicted molar refractivity (Wildman–Crippen MR) is 96.1 cm³/mol. The molecule has 0 radical (unpaired) electrons. The van der Waals surface area contributed by atoms with Gasteiger partial charge in [0.15, 0.2) is 5.69 Å². The van der Waals surface area contributed by atoms with Crippen LogP contribution < -0.4 is 10.6 Å². The summed E-state index contributed by atoms with van der Waals surface area (Å²) in [6.07, 6.45) is 4.85. The molecule has 0 bridgehead atoms. The van der Waals surface area contributed by atoms with Crippen molar-refractivity contribution in [3.8, 4) is 5.69 Å². The summed E-state index contributed by atoms with van der Waals surface area (Å²) in [5, 5.41) is 9.82. The van der Waals surface area contributed by atoms with Gasteiger partial charge in [0, 0.05) is 18.4 Å². The minimum Gasteiger partial charge on any atom is -0.461 e. The molecule has 0 aliphatic heterocycles. The summed E-state index contributed by atoms with van der Waals surface area (Å²) < 4.78 is 6.49. The summed E-state index contributed by atoms with van der Waals surface area (Å²) >= 11 is 0. The molecule has 0 atom stereocenters. The second-order valence-electron chi connectivity index (χ2n) is 5.50. The zero-order valence-electron chi connectivity index (χ0n) is 14.6. The number of hydrogen-bond acceptors (Lipinski definition) is 4. The van der Waals surface area contributed by atoms with E-state index in [1.807, 2.05) is 12.1 Å². The zero-order valence-corrected chi connectivity index (χ0v) is 14.6. The van der Waals surface area contributed by atoms with Crippen molar-refractivity contribution in [2.75, 3.05) is 18.5 Å². The molecule has 0 saturated heterocycles. The number of nitrogens with zero attached hydrogens (tertiary/aromatic N) is 2. The third-order valence-electron chi connectivity index (χ3n) is 3.51. The van der Waals surface area contributed by atoms with E-state index in [9.17, 15) is 9.59 Å². The van der Waals surface area contributed by atoms with Crippen LogP contribution in [-0.4, -0.2) is 34.9 Å². The SMILES string of the molecule is CCCCCNC(=O)Nc1cccc(-n2ccc(C(=O)OCC)n2)c1. The van der Waals surface area contributed by atoms with Gasteiger partial charge in [0.2, 0.25) is 0 Å². The van der Waals surface area contributed by atoms with Crippen molar-refractivity contribution in [1.82, 2.24) is 15.1 Å². The Kier molecular flexibility index (Phi) is 7.00. The quantitative estimate of drug-likeness (QED) is 0.568. The molecule has 0 fully saturated rings. The number of urea groups is 1. The number of ether oxygens (including phenoxy) is 1. The Labute approximate surface area is 147 Å². The van der Waals surface area contributed by atoms with Gasteiger partial charge in [-0.15, -0.1) is 0 Å². The molecule has 25 heavy (non-hydrogen) atoms. The minimum absolute atomic E-state index is 0.235. The summed E-state index contributed by atoms with van der Waals surface area (Å²) in [4.78, 5) is 23.6. The molecule has 1 aromatic carbocycles. The molecular weight excluding hydrogens is 320 g/mol. The fourth-order valence-electron chi connectivity index (χ4n) is 2.26. The molecule has 0 aliphatic rings. The molecule has 134 valence electrons. The number of anilines is 1. The molecule has 7 nitrogen and oxygen atoms in total. The highest BCUT2D eigenvalue weighted by Gasteiger charge is 2.11. The maximum Gasteiger partial charge on any atom is 0.358 e. The van der Waals surface area contributed by atoms with Gasteiger partial charge in [0.25, 0.3) is 0 Å². The van der Waals surface area contributed by atoms with Crippen LogP contribution >= 0.6 is 0 Å². The van der Waals surface area contributed by atoms with Crippen molar-refractivity contribution in [2.24, 2.45) is 0 Å². The van der Waals surface area contributed by atoms with Crippen LogP contribution in [0.3, 0.4) is 0 Å². The van der Waals surface area contributed by atoms with E-state index in [0.717, 1.165) is 24.9 Å². The number of amides is 2. The van der Waals surface area contributed by atoms with Crippen molar-refractivity contribution >= 4 is 17.7 Å². The van der Waals surface area contributed by atoms with Crippen molar-refractivity contribution in [1.29, 1.82) is 0 Å². The number of benzene rings is 1. The molecule has 0 aliphatic carbocycles. The Hall–Kier alpha value is -2.83. The fourth-order valence-corrected chi connectivity index (χ4v) is 2.26. The average molecular weight is 344 g/mol. The van der Waals surface area contributed by atoms with E-state index in [2.05, 4.69) is 22.7 Å². The highest BCUT2D eigenvalue weighted by molar-refractivity contribution is 5.89. The molecule has 2 amide bonds. The number of rotatable bonds is 8. The second kappa shape index (κ2) is 9.46. The van der Waals surface area contributed by atoms with E-state index >= 15 is 0 Å². The van der Waals surface area contributed by atoms with Crippen LogP contribution in [0.5, 0.6) is 0 Å². The summed E-state index contributed by atoms with van der Waals surface area (Å²) in [6, 6.07) is 8.60. The number of nitrogens with one attached hydrogen (secondary N) is 2. The van der Waals surface area contributed by atoms with E-state index in [0.29, 0.717) is 18.8 Å². The molecule has 0 unspecified atom stereocenters. The lowest BCUT2D eigenvalue weighted by Crippen LogP contribution is -2.29. The van der Waals surface area contributed by atoms with E-state index in [-0.39, 0.29) is 11.7 Å². The van der Waals surface area contributed by atoms with Gasteiger partial charge in [0.05, 0.1) is 12.3 Å². The van der Waals surface area contributed by atoms with Crippen molar-refractivity contribution < 1.29 is 14.3 Å². The van der Waals surface area contributed by atoms with Gasteiger partial charge < -0.3 is 15.4 Å². The van der Waals surface area contributed by atoms with E-state index in [1.54, 1.807) is 36.0 Å². The maximum absolute atomic E-state index is 11.9. The third-order valence-corrected chi connectivity index (χ3v) is 3.51. The lowest BCUT2D eigenvalue weighted by Gasteiger charge is -2.09. The highest BCUT2D eigenvalue weighted by Crippen LogP contribution is 2.15. The lowest BCUT2D eigenvalue weighted by atomic mass is 10.2.